The van der Waals surface area contributed by atoms with Crippen LogP contribution in [0.3, 0.4) is 0 Å². The summed E-state index contributed by atoms with van der Waals surface area (Å²) in [7, 11) is 0. The normalized spacial score (nSPS) is 43.8. The van der Waals surface area contributed by atoms with Crippen molar-refractivity contribution in [3.05, 3.63) is 0 Å². The summed E-state index contributed by atoms with van der Waals surface area (Å²) in [6, 6.07) is 1.08. The first-order valence-corrected chi connectivity index (χ1v) is 9.23. The molecule has 3 fully saturated rings. The minimum absolute atomic E-state index is 0.0607. The molecular weight excluding hydrogens is 276 g/mol. The predicted octanol–water partition coefficient (Wildman–Crippen LogP) is 2.30. The van der Waals surface area contributed by atoms with Crippen molar-refractivity contribution in [2.45, 2.75) is 96.0 Å². The van der Waals surface area contributed by atoms with Gasteiger partial charge < -0.3 is 10.4 Å². The molecule has 2 saturated heterocycles. The van der Waals surface area contributed by atoms with Gasteiger partial charge in [0.05, 0.1) is 12.1 Å². The molecule has 1 aliphatic carbocycles. The van der Waals surface area contributed by atoms with Crippen LogP contribution in [-0.2, 0) is 4.79 Å². The third-order valence-corrected chi connectivity index (χ3v) is 6.63. The highest BCUT2D eigenvalue weighted by Crippen LogP contribution is 2.37. The lowest BCUT2D eigenvalue weighted by atomic mass is 9.78. The highest BCUT2D eigenvalue weighted by Gasteiger charge is 2.44. The maximum Gasteiger partial charge on any atom is 0.237 e. The van der Waals surface area contributed by atoms with Gasteiger partial charge in [0, 0.05) is 18.1 Å². The molecule has 4 heteroatoms. The van der Waals surface area contributed by atoms with Crippen molar-refractivity contribution >= 4 is 5.91 Å². The Balaban J connectivity index is 1.60. The first-order chi connectivity index (χ1) is 10.5. The summed E-state index contributed by atoms with van der Waals surface area (Å²) in [4.78, 5) is 15.1. The van der Waals surface area contributed by atoms with Gasteiger partial charge in [0.15, 0.2) is 0 Å². The van der Waals surface area contributed by atoms with Gasteiger partial charge in [-0.2, -0.15) is 0 Å². The van der Waals surface area contributed by atoms with Crippen molar-refractivity contribution < 1.29 is 9.90 Å². The summed E-state index contributed by atoms with van der Waals surface area (Å²) >= 11 is 0. The van der Waals surface area contributed by atoms with Crippen molar-refractivity contribution in [1.29, 1.82) is 0 Å². The highest BCUT2D eigenvalue weighted by atomic mass is 16.3. The Labute approximate surface area is 134 Å². The molecule has 0 unspecified atom stereocenters. The van der Waals surface area contributed by atoms with E-state index in [9.17, 15) is 9.90 Å². The summed E-state index contributed by atoms with van der Waals surface area (Å²) in [5, 5.41) is 13.3. The summed E-state index contributed by atoms with van der Waals surface area (Å²) in [5.74, 6) is 1.47. The van der Waals surface area contributed by atoms with Gasteiger partial charge >= 0.3 is 0 Å². The Morgan fingerprint density at radius 3 is 2.41 bits per heavy atom. The number of nitrogens with zero attached hydrogens (tertiary/aromatic N) is 1. The molecule has 0 aromatic carbocycles. The van der Waals surface area contributed by atoms with Crippen molar-refractivity contribution in [2.75, 3.05) is 0 Å². The Bertz CT molecular complexity index is 400. The van der Waals surface area contributed by atoms with E-state index in [1.807, 2.05) is 0 Å². The van der Waals surface area contributed by atoms with E-state index in [4.69, 9.17) is 0 Å². The second-order valence-electron chi connectivity index (χ2n) is 8.02. The Morgan fingerprint density at radius 2 is 1.77 bits per heavy atom. The van der Waals surface area contributed by atoms with E-state index in [1.54, 1.807) is 0 Å². The molecule has 3 aliphatic rings. The first kappa shape index (κ1) is 16.3. The Kier molecular flexibility index (Phi) is 4.79. The monoisotopic (exact) mass is 308 g/mol. The van der Waals surface area contributed by atoms with Crippen LogP contribution in [0.4, 0.5) is 0 Å². The standard InChI is InChI=1S/C18H32N2O2/c1-11-5-4-6-17(12(11)2)19-18(22)13(3)20-14-7-8-15(20)10-16(21)9-14/h11-17,21H,4-10H2,1-3H3,(H,19,22)/t11-,12-,13+,14+,15+,17+/m1/s1. The zero-order valence-electron chi connectivity index (χ0n) is 14.3. The number of piperidine rings is 1. The lowest BCUT2D eigenvalue weighted by Crippen LogP contribution is -2.56. The van der Waals surface area contributed by atoms with Crippen LogP contribution in [0.25, 0.3) is 0 Å². The molecule has 22 heavy (non-hydrogen) atoms. The number of aliphatic hydroxyl groups is 1. The van der Waals surface area contributed by atoms with Crippen LogP contribution >= 0.6 is 0 Å². The van der Waals surface area contributed by atoms with Gasteiger partial charge in [0.1, 0.15) is 0 Å². The summed E-state index contributed by atoms with van der Waals surface area (Å²) < 4.78 is 0. The molecule has 1 amide bonds. The molecule has 2 heterocycles. The Morgan fingerprint density at radius 1 is 1.14 bits per heavy atom. The quantitative estimate of drug-likeness (QED) is 0.841. The number of carbonyl (C=O) groups excluding carboxylic acids is 1. The van der Waals surface area contributed by atoms with Crippen LogP contribution in [-0.4, -0.2) is 46.2 Å². The lowest BCUT2D eigenvalue weighted by Gasteiger charge is -2.41. The van der Waals surface area contributed by atoms with E-state index in [2.05, 4.69) is 31.0 Å². The number of fused-ring (bicyclic) bond motifs is 2. The summed E-state index contributed by atoms with van der Waals surface area (Å²) in [6.07, 6.45) is 7.42. The summed E-state index contributed by atoms with van der Waals surface area (Å²) in [6.45, 7) is 6.63. The van der Waals surface area contributed by atoms with E-state index in [0.717, 1.165) is 32.1 Å². The molecule has 4 nitrogen and oxygen atoms in total. The molecule has 126 valence electrons. The fraction of sp³-hybridized carbons (Fsp3) is 0.944. The van der Waals surface area contributed by atoms with Crippen molar-refractivity contribution in [3.8, 4) is 0 Å². The number of aliphatic hydroxyl groups excluding tert-OH is 1. The largest absolute Gasteiger partial charge is 0.393 e. The average molecular weight is 308 g/mol. The molecule has 2 N–H and O–H groups in total. The molecule has 0 radical (unpaired) electrons. The second-order valence-corrected chi connectivity index (χ2v) is 8.02. The van der Waals surface area contributed by atoms with E-state index < -0.39 is 0 Å². The SMILES string of the molecule is C[C@@H]1[C@H](C)CCC[C@@H]1NC(=O)[C@H](C)N1[C@H]2CC[C@H]1CC(O)C2. The molecule has 1 saturated carbocycles. The summed E-state index contributed by atoms with van der Waals surface area (Å²) in [5.41, 5.74) is 0. The zero-order chi connectivity index (χ0) is 15.9. The zero-order valence-corrected chi connectivity index (χ0v) is 14.3. The number of nitrogens with one attached hydrogen (secondary N) is 1. The van der Waals surface area contributed by atoms with Crippen LogP contribution in [0.5, 0.6) is 0 Å². The fourth-order valence-corrected chi connectivity index (χ4v) is 5.04. The van der Waals surface area contributed by atoms with Gasteiger partial charge in [-0.25, -0.2) is 0 Å². The molecule has 3 rings (SSSR count). The third kappa shape index (κ3) is 3.05. The molecular formula is C18H32N2O2. The highest BCUT2D eigenvalue weighted by molar-refractivity contribution is 5.81. The number of hydrogen-bond acceptors (Lipinski definition) is 3. The van der Waals surface area contributed by atoms with Gasteiger partial charge in [-0.15, -0.1) is 0 Å². The second kappa shape index (κ2) is 6.48. The first-order valence-electron chi connectivity index (χ1n) is 9.23. The minimum atomic E-state index is -0.164. The molecule has 0 spiro atoms. The van der Waals surface area contributed by atoms with Crippen LogP contribution in [0.15, 0.2) is 0 Å². The molecule has 6 atom stereocenters. The van der Waals surface area contributed by atoms with Crippen molar-refractivity contribution in [2.24, 2.45) is 11.8 Å². The number of amides is 1. The van der Waals surface area contributed by atoms with Gasteiger partial charge in [-0.05, 0) is 50.9 Å². The van der Waals surface area contributed by atoms with Crippen LogP contribution in [0.2, 0.25) is 0 Å². The maximum absolute atomic E-state index is 12.7. The molecule has 0 aromatic heterocycles. The average Bonchev–Trinajstić information content (AvgIpc) is 2.75. The predicted molar refractivity (Wildman–Crippen MR) is 87.5 cm³/mol. The minimum Gasteiger partial charge on any atom is -0.393 e. The number of rotatable bonds is 3. The third-order valence-electron chi connectivity index (χ3n) is 6.63. The van der Waals surface area contributed by atoms with E-state index >= 15 is 0 Å². The van der Waals surface area contributed by atoms with Crippen LogP contribution < -0.4 is 5.32 Å². The number of carbonyl (C=O) groups is 1. The van der Waals surface area contributed by atoms with Gasteiger partial charge in [0.25, 0.3) is 0 Å². The van der Waals surface area contributed by atoms with E-state index in [-0.39, 0.29) is 18.1 Å². The van der Waals surface area contributed by atoms with E-state index in [1.165, 1.54) is 12.8 Å². The maximum atomic E-state index is 12.7. The number of hydrogen-bond donors (Lipinski definition) is 2. The smallest absolute Gasteiger partial charge is 0.237 e. The molecule has 2 bridgehead atoms. The van der Waals surface area contributed by atoms with Gasteiger partial charge in [-0.1, -0.05) is 26.7 Å². The Hall–Kier alpha value is -0.610. The molecule has 2 aliphatic heterocycles. The van der Waals surface area contributed by atoms with E-state index in [0.29, 0.717) is 30.0 Å². The van der Waals surface area contributed by atoms with Gasteiger partial charge in [-0.3, -0.25) is 9.69 Å². The van der Waals surface area contributed by atoms with Crippen LogP contribution in [0.1, 0.15) is 65.7 Å². The van der Waals surface area contributed by atoms with Gasteiger partial charge in [0.2, 0.25) is 5.91 Å². The van der Waals surface area contributed by atoms with Crippen LogP contribution in [0, 0.1) is 11.8 Å². The van der Waals surface area contributed by atoms with Crippen molar-refractivity contribution in [1.82, 2.24) is 10.2 Å². The van der Waals surface area contributed by atoms with Crippen molar-refractivity contribution in [3.63, 3.8) is 0 Å². The fourth-order valence-electron chi connectivity index (χ4n) is 5.04. The topological polar surface area (TPSA) is 52.6 Å². The molecule has 0 aromatic rings. The lowest BCUT2D eigenvalue weighted by molar-refractivity contribution is -0.130.